The van der Waals surface area contributed by atoms with Crippen LogP contribution in [0, 0.1) is 0 Å². The Morgan fingerprint density at radius 1 is 1.47 bits per heavy atom. The van der Waals surface area contributed by atoms with E-state index in [1.54, 1.807) is 7.11 Å². The molecule has 0 aliphatic rings. The van der Waals surface area contributed by atoms with Gasteiger partial charge >= 0.3 is 0 Å². The number of aromatic nitrogens is 1. The summed E-state index contributed by atoms with van der Waals surface area (Å²) < 4.78 is 7.26. The van der Waals surface area contributed by atoms with Crippen molar-refractivity contribution in [3.63, 3.8) is 0 Å². The first-order valence-electron chi connectivity index (χ1n) is 4.79. The van der Waals surface area contributed by atoms with E-state index in [0.717, 1.165) is 23.2 Å². The van der Waals surface area contributed by atoms with E-state index in [0.29, 0.717) is 11.7 Å². The third kappa shape index (κ3) is 1.68. The average molecular weight is 225 g/mol. The van der Waals surface area contributed by atoms with E-state index in [2.05, 4.69) is 0 Å². The molecule has 80 valence electrons. The summed E-state index contributed by atoms with van der Waals surface area (Å²) in [4.78, 5) is 0. The van der Waals surface area contributed by atoms with E-state index >= 15 is 0 Å². The van der Waals surface area contributed by atoms with Crippen LogP contribution in [-0.4, -0.2) is 18.2 Å². The van der Waals surface area contributed by atoms with E-state index in [-0.39, 0.29) is 0 Å². The van der Waals surface area contributed by atoms with Crippen LogP contribution in [0.1, 0.15) is 0 Å². The van der Waals surface area contributed by atoms with Crippen LogP contribution in [0.25, 0.3) is 10.9 Å². The lowest BCUT2D eigenvalue weighted by atomic mass is 10.2. The molecular weight excluding hydrogens is 212 g/mol. The van der Waals surface area contributed by atoms with Gasteiger partial charge in [0, 0.05) is 18.5 Å². The minimum absolute atomic E-state index is 0.570. The van der Waals surface area contributed by atoms with Gasteiger partial charge in [-0.1, -0.05) is 17.7 Å². The molecule has 0 aliphatic heterocycles. The van der Waals surface area contributed by atoms with Crippen LogP contribution in [0.4, 0.5) is 0 Å². The maximum absolute atomic E-state index is 6.13. The van der Waals surface area contributed by atoms with E-state index in [4.69, 9.17) is 22.1 Å². The van der Waals surface area contributed by atoms with Crippen LogP contribution < -0.4 is 10.5 Å². The Morgan fingerprint density at radius 2 is 2.27 bits per heavy atom. The molecule has 0 spiro atoms. The smallest absolute Gasteiger partial charge is 0.128 e. The molecule has 0 saturated carbocycles. The minimum Gasteiger partial charge on any atom is -0.496 e. The first-order valence-corrected chi connectivity index (χ1v) is 5.17. The molecule has 0 bridgehead atoms. The number of hydrogen-bond acceptors (Lipinski definition) is 2. The second-order valence-corrected chi connectivity index (χ2v) is 3.69. The van der Waals surface area contributed by atoms with Crippen molar-refractivity contribution < 1.29 is 4.74 Å². The third-order valence-corrected chi connectivity index (χ3v) is 2.74. The number of hydrogen-bond donors (Lipinski definition) is 1. The number of fused-ring (bicyclic) bond motifs is 1. The van der Waals surface area contributed by atoms with Gasteiger partial charge in [0.15, 0.2) is 0 Å². The first kappa shape index (κ1) is 10.3. The fourth-order valence-corrected chi connectivity index (χ4v) is 2.04. The van der Waals surface area contributed by atoms with Crippen LogP contribution >= 0.6 is 11.6 Å². The second kappa shape index (κ2) is 4.13. The van der Waals surface area contributed by atoms with Gasteiger partial charge in [-0.15, -0.1) is 0 Å². The fourth-order valence-electron chi connectivity index (χ4n) is 1.76. The van der Waals surface area contributed by atoms with Crippen LogP contribution in [-0.2, 0) is 6.54 Å². The van der Waals surface area contributed by atoms with Crippen molar-refractivity contribution >= 4 is 22.5 Å². The number of rotatable bonds is 3. The van der Waals surface area contributed by atoms with Crippen LogP contribution in [0.3, 0.4) is 0 Å². The zero-order valence-corrected chi connectivity index (χ0v) is 9.29. The Hall–Kier alpha value is -1.19. The summed E-state index contributed by atoms with van der Waals surface area (Å²) in [5.74, 6) is 0.838. The summed E-state index contributed by atoms with van der Waals surface area (Å²) in [6.07, 6.45) is 0. The van der Waals surface area contributed by atoms with Gasteiger partial charge in [-0.3, -0.25) is 0 Å². The van der Waals surface area contributed by atoms with Crippen molar-refractivity contribution in [2.45, 2.75) is 6.54 Å². The molecule has 2 N–H and O–H groups in total. The van der Waals surface area contributed by atoms with Crippen LogP contribution in [0.15, 0.2) is 24.3 Å². The zero-order valence-electron chi connectivity index (χ0n) is 8.53. The Balaban J connectivity index is 2.67. The molecule has 2 aromatic rings. The Labute approximate surface area is 93.4 Å². The summed E-state index contributed by atoms with van der Waals surface area (Å²) in [6, 6.07) is 7.79. The highest BCUT2D eigenvalue weighted by molar-refractivity contribution is 6.31. The molecule has 1 heterocycles. The number of methoxy groups -OCH3 is 1. The minimum atomic E-state index is 0.570. The highest BCUT2D eigenvalue weighted by Crippen LogP contribution is 2.30. The van der Waals surface area contributed by atoms with Crippen LogP contribution in [0.2, 0.25) is 5.15 Å². The van der Waals surface area contributed by atoms with Gasteiger partial charge < -0.3 is 15.0 Å². The fraction of sp³-hybridized carbons (Fsp3) is 0.273. The van der Waals surface area contributed by atoms with Crippen molar-refractivity contribution in [3.8, 4) is 5.75 Å². The largest absolute Gasteiger partial charge is 0.496 e. The maximum Gasteiger partial charge on any atom is 0.128 e. The lowest BCUT2D eigenvalue weighted by molar-refractivity contribution is 0.420. The van der Waals surface area contributed by atoms with E-state index < -0.39 is 0 Å². The highest BCUT2D eigenvalue weighted by atomic mass is 35.5. The SMILES string of the molecule is COc1cccc2c1cc(Cl)n2CCN. The standard InChI is InChI=1S/C11H13ClN2O/c1-15-10-4-2-3-9-8(10)7-11(12)14(9)6-5-13/h2-4,7H,5-6,13H2,1H3. The van der Waals surface area contributed by atoms with E-state index in [1.165, 1.54) is 0 Å². The Kier molecular flexibility index (Phi) is 2.84. The molecule has 0 saturated heterocycles. The molecule has 2 rings (SSSR count). The summed E-state index contributed by atoms with van der Waals surface area (Å²) in [5, 5.41) is 1.72. The molecule has 0 amide bonds. The van der Waals surface area contributed by atoms with Crippen molar-refractivity contribution in [1.82, 2.24) is 4.57 Å². The molecule has 15 heavy (non-hydrogen) atoms. The van der Waals surface area contributed by atoms with Gasteiger partial charge in [0.25, 0.3) is 0 Å². The number of ether oxygens (including phenoxy) is 1. The Bertz CT molecular complexity index is 479. The van der Waals surface area contributed by atoms with E-state index in [9.17, 15) is 0 Å². The maximum atomic E-state index is 6.13. The number of nitrogens with zero attached hydrogens (tertiary/aromatic N) is 1. The molecule has 3 nitrogen and oxygen atoms in total. The average Bonchev–Trinajstić information content (AvgIpc) is 2.56. The summed E-state index contributed by atoms with van der Waals surface area (Å²) >= 11 is 6.13. The number of benzene rings is 1. The van der Waals surface area contributed by atoms with Gasteiger partial charge in [-0.25, -0.2) is 0 Å². The predicted octanol–water partition coefficient (Wildman–Crippen LogP) is 2.26. The monoisotopic (exact) mass is 224 g/mol. The predicted molar refractivity (Wildman–Crippen MR) is 62.6 cm³/mol. The first-order chi connectivity index (χ1) is 7.27. The number of halogens is 1. The normalized spacial score (nSPS) is 10.9. The highest BCUT2D eigenvalue weighted by Gasteiger charge is 2.09. The molecule has 0 radical (unpaired) electrons. The zero-order chi connectivity index (χ0) is 10.8. The van der Waals surface area contributed by atoms with Crippen molar-refractivity contribution in [2.75, 3.05) is 13.7 Å². The van der Waals surface area contributed by atoms with Gasteiger partial charge in [0.2, 0.25) is 0 Å². The van der Waals surface area contributed by atoms with Gasteiger partial charge in [-0.05, 0) is 18.2 Å². The van der Waals surface area contributed by atoms with Gasteiger partial charge in [0.1, 0.15) is 10.9 Å². The van der Waals surface area contributed by atoms with Crippen molar-refractivity contribution in [2.24, 2.45) is 5.73 Å². The summed E-state index contributed by atoms with van der Waals surface area (Å²) in [5.41, 5.74) is 6.60. The molecule has 4 heteroatoms. The third-order valence-electron chi connectivity index (χ3n) is 2.43. The summed E-state index contributed by atoms with van der Waals surface area (Å²) in [6.45, 7) is 1.29. The molecule has 1 aromatic carbocycles. The molecule has 0 atom stereocenters. The summed E-state index contributed by atoms with van der Waals surface area (Å²) in [7, 11) is 1.66. The number of nitrogens with two attached hydrogens (primary N) is 1. The van der Waals surface area contributed by atoms with Crippen molar-refractivity contribution in [1.29, 1.82) is 0 Å². The van der Waals surface area contributed by atoms with Gasteiger partial charge in [0.05, 0.1) is 12.6 Å². The topological polar surface area (TPSA) is 40.2 Å². The molecule has 0 unspecified atom stereocenters. The van der Waals surface area contributed by atoms with E-state index in [1.807, 2.05) is 28.8 Å². The quantitative estimate of drug-likeness (QED) is 0.869. The molecular formula is C11H13ClN2O. The second-order valence-electron chi connectivity index (χ2n) is 3.30. The Morgan fingerprint density at radius 3 is 2.93 bits per heavy atom. The van der Waals surface area contributed by atoms with Gasteiger partial charge in [-0.2, -0.15) is 0 Å². The molecule has 0 aliphatic carbocycles. The van der Waals surface area contributed by atoms with Crippen LogP contribution in [0.5, 0.6) is 5.75 Å². The lowest BCUT2D eigenvalue weighted by Crippen LogP contribution is -2.09. The molecule has 1 aromatic heterocycles. The molecule has 0 fully saturated rings. The lowest BCUT2D eigenvalue weighted by Gasteiger charge is -2.05. The van der Waals surface area contributed by atoms with Crippen molar-refractivity contribution in [3.05, 3.63) is 29.4 Å².